The number of carbonyl (C=O) groups is 4. The van der Waals surface area contributed by atoms with E-state index in [4.69, 9.17) is 21.1 Å². The normalized spacial score (nSPS) is 18.8. The van der Waals surface area contributed by atoms with Crippen molar-refractivity contribution in [3.05, 3.63) is 94.6 Å². The molecule has 0 bridgehead atoms. The highest BCUT2D eigenvalue weighted by molar-refractivity contribution is 6.31. The number of piperidine rings is 1. The van der Waals surface area contributed by atoms with E-state index in [0.29, 0.717) is 54.6 Å². The van der Waals surface area contributed by atoms with E-state index in [1.165, 1.54) is 7.11 Å². The fourth-order valence-corrected chi connectivity index (χ4v) is 7.88. The highest BCUT2D eigenvalue weighted by Crippen LogP contribution is 2.38. The summed E-state index contributed by atoms with van der Waals surface area (Å²) in [5.74, 6) is -0.864. The van der Waals surface area contributed by atoms with Gasteiger partial charge in [-0.3, -0.25) is 19.2 Å². The standard InChI is InChI=1S/C41H48ClN5O6/c1-25(2)53-36-16-13-27(17-37(36)52-4)41(51)47-22-29-21-46(38(48)18-28-20-44-34-15-14-30(42)19-31(28)34)24-33(32(29)23-47)39(49)45-35(40(50)43-3)12-8-11-26-9-6-5-7-10-26/h5-7,9-10,13-17,19-20,25,29,32-33,35,44H,8,11-12,18,21-24H2,1-4H3,(H,43,50)(H,45,49)/t29?,32?,33?,35-/m0/s1. The van der Waals surface area contributed by atoms with Crippen LogP contribution in [0.5, 0.6) is 11.5 Å². The number of nitrogens with one attached hydrogen (secondary N) is 3. The third-order valence-corrected chi connectivity index (χ3v) is 10.6. The van der Waals surface area contributed by atoms with Crippen molar-refractivity contribution in [3.8, 4) is 11.5 Å². The lowest BCUT2D eigenvalue weighted by Crippen LogP contribution is -2.56. The third-order valence-electron chi connectivity index (χ3n) is 10.4. The van der Waals surface area contributed by atoms with Crippen LogP contribution in [-0.4, -0.2) is 90.9 Å². The number of halogens is 1. The zero-order valence-corrected chi connectivity index (χ0v) is 31.4. The summed E-state index contributed by atoms with van der Waals surface area (Å²) in [5, 5.41) is 7.19. The van der Waals surface area contributed by atoms with Gasteiger partial charge in [0.15, 0.2) is 11.5 Å². The highest BCUT2D eigenvalue weighted by atomic mass is 35.5. The molecule has 3 unspecified atom stereocenters. The molecular formula is C41H48ClN5O6. The average Bonchev–Trinajstić information content (AvgIpc) is 3.77. The minimum absolute atomic E-state index is 0.0680. The predicted octanol–water partition coefficient (Wildman–Crippen LogP) is 5.26. The van der Waals surface area contributed by atoms with Crippen molar-refractivity contribution >= 4 is 46.1 Å². The summed E-state index contributed by atoms with van der Waals surface area (Å²) in [6.07, 6.45) is 3.80. The summed E-state index contributed by atoms with van der Waals surface area (Å²) in [4.78, 5) is 62.0. The van der Waals surface area contributed by atoms with Crippen LogP contribution in [-0.2, 0) is 27.2 Å². The second-order valence-corrected chi connectivity index (χ2v) is 14.7. The molecule has 0 aliphatic carbocycles. The van der Waals surface area contributed by atoms with Crippen molar-refractivity contribution < 1.29 is 28.7 Å². The maximum absolute atomic E-state index is 14.3. The first-order valence-electron chi connectivity index (χ1n) is 18.3. The van der Waals surface area contributed by atoms with E-state index in [9.17, 15) is 19.2 Å². The van der Waals surface area contributed by atoms with E-state index in [0.717, 1.165) is 28.5 Å². The number of aryl methyl sites for hydroxylation is 1. The summed E-state index contributed by atoms with van der Waals surface area (Å²) >= 11 is 6.29. The van der Waals surface area contributed by atoms with Crippen molar-refractivity contribution in [1.29, 1.82) is 0 Å². The lowest BCUT2D eigenvalue weighted by atomic mass is 9.79. The van der Waals surface area contributed by atoms with Crippen LogP contribution in [0, 0.1) is 17.8 Å². The molecule has 4 amide bonds. The lowest BCUT2D eigenvalue weighted by Gasteiger charge is -2.40. The first-order valence-corrected chi connectivity index (χ1v) is 18.7. The Morgan fingerprint density at radius 3 is 2.45 bits per heavy atom. The fraction of sp³-hybridized carbons (Fsp3) is 0.415. The van der Waals surface area contributed by atoms with Crippen molar-refractivity contribution in [2.24, 2.45) is 17.8 Å². The van der Waals surface area contributed by atoms with Crippen LogP contribution in [0.15, 0.2) is 72.9 Å². The molecule has 6 rings (SSSR count). The van der Waals surface area contributed by atoms with E-state index in [2.05, 4.69) is 15.6 Å². The SMILES string of the molecule is CNC(=O)[C@H](CCCc1ccccc1)NC(=O)C1CN(C(=O)Cc2c[nH]c3ccc(Cl)cc23)CC2CN(C(=O)c3ccc(OC(C)C)c(OC)c3)CC21. The number of hydrogen-bond acceptors (Lipinski definition) is 6. The van der Waals surface area contributed by atoms with Gasteiger partial charge in [0, 0.05) is 60.9 Å². The molecule has 3 aromatic carbocycles. The number of aromatic amines is 1. The number of ether oxygens (including phenoxy) is 2. The zero-order chi connectivity index (χ0) is 37.6. The molecule has 3 N–H and O–H groups in total. The third kappa shape index (κ3) is 8.79. The Hall–Kier alpha value is -5.03. The van der Waals surface area contributed by atoms with E-state index in [-0.39, 0.29) is 54.5 Å². The first-order chi connectivity index (χ1) is 25.5. The number of rotatable bonds is 13. The van der Waals surface area contributed by atoms with E-state index < -0.39 is 12.0 Å². The Bertz CT molecular complexity index is 1950. The van der Waals surface area contributed by atoms with Crippen LogP contribution < -0.4 is 20.1 Å². The quantitative estimate of drug-likeness (QED) is 0.171. The van der Waals surface area contributed by atoms with Gasteiger partial charge in [-0.05, 0) is 92.5 Å². The summed E-state index contributed by atoms with van der Waals surface area (Å²) in [6.45, 7) is 5.14. The van der Waals surface area contributed by atoms with Gasteiger partial charge in [0.2, 0.25) is 17.7 Å². The largest absolute Gasteiger partial charge is 0.493 e. The summed E-state index contributed by atoms with van der Waals surface area (Å²) in [6, 6.07) is 19.9. The summed E-state index contributed by atoms with van der Waals surface area (Å²) in [5.41, 5.74) is 3.30. The van der Waals surface area contributed by atoms with Gasteiger partial charge in [-0.25, -0.2) is 0 Å². The number of methoxy groups -OCH3 is 1. The molecule has 2 aliphatic heterocycles. The number of H-pyrrole nitrogens is 1. The molecule has 280 valence electrons. The molecule has 0 saturated carbocycles. The molecule has 1 aromatic heterocycles. The van der Waals surface area contributed by atoms with Gasteiger partial charge in [-0.15, -0.1) is 0 Å². The Kier molecular flexibility index (Phi) is 11.9. The van der Waals surface area contributed by atoms with Crippen LogP contribution in [0.25, 0.3) is 10.9 Å². The second kappa shape index (κ2) is 16.8. The molecule has 2 aliphatic rings. The number of hydrogen-bond donors (Lipinski definition) is 3. The molecule has 53 heavy (non-hydrogen) atoms. The maximum atomic E-state index is 14.3. The molecule has 2 saturated heterocycles. The van der Waals surface area contributed by atoms with E-state index in [1.54, 1.807) is 41.1 Å². The van der Waals surface area contributed by atoms with Gasteiger partial charge in [0.1, 0.15) is 6.04 Å². The fourth-order valence-electron chi connectivity index (χ4n) is 7.71. The Morgan fingerprint density at radius 2 is 1.72 bits per heavy atom. The van der Waals surface area contributed by atoms with Gasteiger partial charge in [0.25, 0.3) is 5.91 Å². The Morgan fingerprint density at radius 1 is 0.943 bits per heavy atom. The smallest absolute Gasteiger partial charge is 0.254 e. The molecule has 0 spiro atoms. The molecule has 4 aromatic rings. The number of likely N-dealkylation sites (tertiary alicyclic amines) is 2. The predicted molar refractivity (Wildman–Crippen MR) is 204 cm³/mol. The topological polar surface area (TPSA) is 133 Å². The zero-order valence-electron chi connectivity index (χ0n) is 30.7. The highest BCUT2D eigenvalue weighted by Gasteiger charge is 2.48. The van der Waals surface area contributed by atoms with Gasteiger partial charge >= 0.3 is 0 Å². The monoisotopic (exact) mass is 741 g/mol. The maximum Gasteiger partial charge on any atom is 0.254 e. The number of aromatic nitrogens is 1. The number of benzene rings is 3. The molecule has 2 fully saturated rings. The molecular weight excluding hydrogens is 694 g/mol. The molecule has 0 radical (unpaired) electrons. The molecule has 3 heterocycles. The van der Waals surface area contributed by atoms with E-state index in [1.807, 2.05) is 62.5 Å². The second-order valence-electron chi connectivity index (χ2n) is 14.3. The van der Waals surface area contributed by atoms with Crippen molar-refractivity contribution in [1.82, 2.24) is 25.4 Å². The summed E-state index contributed by atoms with van der Waals surface area (Å²) < 4.78 is 11.4. The van der Waals surface area contributed by atoms with Crippen LogP contribution in [0.2, 0.25) is 5.02 Å². The van der Waals surface area contributed by atoms with Crippen LogP contribution in [0.1, 0.15) is 48.2 Å². The molecule has 12 heteroatoms. The van der Waals surface area contributed by atoms with E-state index >= 15 is 0 Å². The Balaban J connectivity index is 1.22. The van der Waals surface area contributed by atoms with Crippen LogP contribution in [0.3, 0.4) is 0 Å². The van der Waals surface area contributed by atoms with Crippen molar-refractivity contribution in [2.75, 3.05) is 40.3 Å². The first kappa shape index (κ1) is 37.7. The van der Waals surface area contributed by atoms with Gasteiger partial charge in [-0.2, -0.15) is 0 Å². The van der Waals surface area contributed by atoms with Gasteiger partial charge < -0.3 is 34.9 Å². The van der Waals surface area contributed by atoms with Gasteiger partial charge in [0.05, 0.1) is 25.6 Å². The number of nitrogens with zero attached hydrogens (tertiary/aromatic N) is 2. The lowest BCUT2D eigenvalue weighted by molar-refractivity contribution is -0.140. The minimum atomic E-state index is -0.741. The number of likely N-dealkylation sites (N-methyl/N-ethyl adjacent to an activating group) is 1. The molecule has 4 atom stereocenters. The molecule has 11 nitrogen and oxygen atoms in total. The summed E-state index contributed by atoms with van der Waals surface area (Å²) in [7, 11) is 3.10. The van der Waals surface area contributed by atoms with Gasteiger partial charge in [-0.1, -0.05) is 41.9 Å². The number of amides is 4. The van der Waals surface area contributed by atoms with Crippen molar-refractivity contribution in [3.63, 3.8) is 0 Å². The Labute approximate surface area is 315 Å². The van der Waals surface area contributed by atoms with Crippen molar-refractivity contribution in [2.45, 2.75) is 51.7 Å². The van der Waals surface area contributed by atoms with Crippen LogP contribution >= 0.6 is 11.6 Å². The minimum Gasteiger partial charge on any atom is -0.493 e. The van der Waals surface area contributed by atoms with Crippen LogP contribution in [0.4, 0.5) is 0 Å². The number of fused-ring (bicyclic) bond motifs is 2. The number of carbonyl (C=O) groups excluding carboxylic acids is 4. The average molecular weight is 742 g/mol.